The smallest absolute Gasteiger partial charge is 0.278 e. The van der Waals surface area contributed by atoms with Crippen LogP contribution in [0.25, 0.3) is 0 Å². The van der Waals surface area contributed by atoms with Gasteiger partial charge in [0.15, 0.2) is 11.5 Å². The van der Waals surface area contributed by atoms with Gasteiger partial charge in [-0.15, -0.1) is 0 Å². The lowest BCUT2D eigenvalue weighted by molar-refractivity contribution is 0.102. The maximum atomic E-state index is 12.1. The summed E-state index contributed by atoms with van der Waals surface area (Å²) in [7, 11) is 1.49. The van der Waals surface area contributed by atoms with Gasteiger partial charge in [-0.2, -0.15) is 0 Å². The monoisotopic (exact) mass is 356 g/mol. The molecule has 1 aromatic heterocycles. The second-order valence-corrected chi connectivity index (χ2v) is 4.95. The minimum atomic E-state index is -0.472. The predicted molar refractivity (Wildman–Crippen MR) is 80.1 cm³/mol. The van der Waals surface area contributed by atoms with Gasteiger partial charge in [0, 0.05) is 11.8 Å². The Morgan fingerprint density at radius 1 is 1.50 bits per heavy atom. The third kappa shape index (κ3) is 3.17. The van der Waals surface area contributed by atoms with Crippen LogP contribution in [0.2, 0.25) is 5.02 Å². The zero-order valence-electron chi connectivity index (χ0n) is 10.4. The molecule has 0 aliphatic carbocycles. The van der Waals surface area contributed by atoms with Crippen molar-refractivity contribution >= 4 is 44.9 Å². The second-order valence-electron chi connectivity index (χ2n) is 3.73. The van der Waals surface area contributed by atoms with Gasteiger partial charge in [0.2, 0.25) is 0 Å². The van der Waals surface area contributed by atoms with Crippen LogP contribution in [-0.4, -0.2) is 23.0 Å². The average Bonchev–Trinajstić information content (AvgIpc) is 2.43. The van der Waals surface area contributed by atoms with E-state index in [2.05, 4.69) is 31.2 Å². The van der Waals surface area contributed by atoms with Gasteiger partial charge in [-0.3, -0.25) is 4.79 Å². The van der Waals surface area contributed by atoms with Crippen LogP contribution in [0.4, 0.5) is 11.5 Å². The average molecular weight is 358 g/mol. The number of amides is 1. The van der Waals surface area contributed by atoms with Gasteiger partial charge in [0.1, 0.15) is 10.4 Å². The van der Waals surface area contributed by atoms with Crippen molar-refractivity contribution in [2.24, 2.45) is 0 Å². The molecule has 6 nitrogen and oxygen atoms in total. The Bertz CT molecular complexity index is 666. The predicted octanol–water partition coefficient (Wildman–Crippen LogP) is 2.74. The number of aromatic nitrogens is 2. The number of halogens is 2. The standard InChI is InChI=1S/C12H10BrClN4O2/c1-20-8-4-6(2-3-7(8)14)17-12(19)10-11(15)16-5-9(13)18-10/h2-5H,1H3,(H2,15,16)(H,17,19). The molecular weight excluding hydrogens is 348 g/mol. The topological polar surface area (TPSA) is 90.1 Å². The highest BCUT2D eigenvalue weighted by atomic mass is 79.9. The van der Waals surface area contributed by atoms with Crippen molar-refractivity contribution in [2.45, 2.75) is 0 Å². The number of ether oxygens (including phenoxy) is 1. The summed E-state index contributed by atoms with van der Waals surface area (Å²) in [4.78, 5) is 19.9. The summed E-state index contributed by atoms with van der Waals surface area (Å²) >= 11 is 9.05. The Hall–Kier alpha value is -1.86. The van der Waals surface area contributed by atoms with E-state index in [1.54, 1.807) is 18.2 Å². The Balaban J connectivity index is 2.25. The van der Waals surface area contributed by atoms with Gasteiger partial charge in [0.05, 0.1) is 18.3 Å². The number of hydrogen-bond acceptors (Lipinski definition) is 5. The molecule has 0 unspecified atom stereocenters. The van der Waals surface area contributed by atoms with Crippen LogP contribution in [0.3, 0.4) is 0 Å². The number of nitrogens with zero attached hydrogens (tertiary/aromatic N) is 2. The number of nitrogen functional groups attached to an aromatic ring is 1. The number of anilines is 2. The fourth-order valence-corrected chi connectivity index (χ4v) is 1.95. The fourth-order valence-electron chi connectivity index (χ4n) is 1.47. The molecule has 8 heteroatoms. The molecule has 2 aromatic rings. The van der Waals surface area contributed by atoms with Crippen LogP contribution < -0.4 is 15.8 Å². The number of hydrogen-bond donors (Lipinski definition) is 2. The molecule has 3 N–H and O–H groups in total. The Morgan fingerprint density at radius 2 is 2.25 bits per heavy atom. The number of rotatable bonds is 3. The summed E-state index contributed by atoms with van der Waals surface area (Å²) in [5.74, 6) is 0.0325. The molecule has 0 bridgehead atoms. The van der Waals surface area contributed by atoms with Crippen molar-refractivity contribution in [2.75, 3.05) is 18.2 Å². The van der Waals surface area contributed by atoms with Gasteiger partial charge >= 0.3 is 0 Å². The molecule has 0 saturated heterocycles. The SMILES string of the molecule is COc1cc(NC(=O)c2nc(Br)cnc2N)ccc1Cl. The van der Waals surface area contributed by atoms with E-state index in [0.717, 1.165) is 0 Å². The highest BCUT2D eigenvalue weighted by molar-refractivity contribution is 9.10. The molecule has 0 aliphatic rings. The van der Waals surface area contributed by atoms with Crippen molar-refractivity contribution in [3.8, 4) is 5.75 Å². The van der Waals surface area contributed by atoms with E-state index in [4.69, 9.17) is 22.1 Å². The second kappa shape index (κ2) is 6.06. The van der Waals surface area contributed by atoms with E-state index >= 15 is 0 Å². The van der Waals surface area contributed by atoms with Gasteiger partial charge in [0.25, 0.3) is 5.91 Å². The summed E-state index contributed by atoms with van der Waals surface area (Å²) in [6.07, 6.45) is 1.41. The maximum Gasteiger partial charge on any atom is 0.278 e. The van der Waals surface area contributed by atoms with Gasteiger partial charge in [-0.05, 0) is 28.1 Å². The summed E-state index contributed by atoms with van der Waals surface area (Å²) in [5.41, 5.74) is 6.17. The van der Waals surface area contributed by atoms with Crippen molar-refractivity contribution in [1.82, 2.24) is 9.97 Å². The first-order valence-electron chi connectivity index (χ1n) is 5.44. The summed E-state index contributed by atoms with van der Waals surface area (Å²) in [6.45, 7) is 0. The van der Waals surface area contributed by atoms with Crippen molar-refractivity contribution in [3.05, 3.63) is 39.7 Å². The third-order valence-corrected chi connectivity index (χ3v) is 3.09. The van der Waals surface area contributed by atoms with E-state index < -0.39 is 5.91 Å². The molecule has 1 aromatic carbocycles. The number of nitrogens with two attached hydrogens (primary N) is 1. The van der Waals surface area contributed by atoms with Gasteiger partial charge < -0.3 is 15.8 Å². The Labute approximate surface area is 128 Å². The number of nitrogens with one attached hydrogen (secondary N) is 1. The van der Waals surface area contributed by atoms with Crippen LogP contribution in [0.5, 0.6) is 5.75 Å². The van der Waals surface area contributed by atoms with E-state index in [1.807, 2.05) is 0 Å². The van der Waals surface area contributed by atoms with Crippen molar-refractivity contribution in [3.63, 3.8) is 0 Å². The molecule has 0 saturated carbocycles. The fraction of sp³-hybridized carbons (Fsp3) is 0.0833. The highest BCUT2D eigenvalue weighted by Gasteiger charge is 2.14. The molecule has 2 rings (SSSR count). The largest absolute Gasteiger partial charge is 0.495 e. The Morgan fingerprint density at radius 3 is 2.95 bits per heavy atom. The van der Waals surface area contributed by atoms with E-state index in [9.17, 15) is 4.79 Å². The zero-order chi connectivity index (χ0) is 14.7. The highest BCUT2D eigenvalue weighted by Crippen LogP contribution is 2.27. The van der Waals surface area contributed by atoms with Gasteiger partial charge in [-0.1, -0.05) is 11.6 Å². The van der Waals surface area contributed by atoms with Crippen LogP contribution in [0.15, 0.2) is 29.0 Å². The van der Waals surface area contributed by atoms with E-state index in [-0.39, 0.29) is 11.5 Å². The van der Waals surface area contributed by atoms with Crippen LogP contribution >= 0.6 is 27.5 Å². The summed E-state index contributed by atoms with van der Waals surface area (Å²) in [6, 6.07) is 4.86. The molecule has 0 atom stereocenters. The third-order valence-electron chi connectivity index (χ3n) is 2.40. The maximum absolute atomic E-state index is 12.1. The minimum absolute atomic E-state index is 0.0355. The summed E-state index contributed by atoms with van der Waals surface area (Å²) in [5, 5.41) is 3.10. The van der Waals surface area contributed by atoms with Gasteiger partial charge in [-0.25, -0.2) is 9.97 Å². The number of carbonyl (C=O) groups is 1. The summed E-state index contributed by atoms with van der Waals surface area (Å²) < 4.78 is 5.49. The lowest BCUT2D eigenvalue weighted by atomic mass is 10.3. The zero-order valence-corrected chi connectivity index (χ0v) is 12.7. The number of carbonyl (C=O) groups excluding carboxylic acids is 1. The molecule has 104 valence electrons. The first-order chi connectivity index (χ1) is 9.51. The normalized spacial score (nSPS) is 10.2. The molecule has 0 spiro atoms. The van der Waals surface area contributed by atoms with Crippen molar-refractivity contribution < 1.29 is 9.53 Å². The molecule has 1 heterocycles. The molecule has 0 radical (unpaired) electrons. The molecule has 0 fully saturated rings. The Kier molecular flexibility index (Phi) is 4.41. The quantitative estimate of drug-likeness (QED) is 0.881. The van der Waals surface area contributed by atoms with Crippen LogP contribution in [0, 0.1) is 0 Å². The van der Waals surface area contributed by atoms with Crippen LogP contribution in [-0.2, 0) is 0 Å². The van der Waals surface area contributed by atoms with Crippen molar-refractivity contribution in [1.29, 1.82) is 0 Å². The lowest BCUT2D eigenvalue weighted by Crippen LogP contribution is -2.17. The first kappa shape index (κ1) is 14.5. The molecular formula is C12H10BrClN4O2. The number of methoxy groups -OCH3 is 1. The minimum Gasteiger partial charge on any atom is -0.495 e. The lowest BCUT2D eigenvalue weighted by Gasteiger charge is -2.09. The molecule has 0 aliphatic heterocycles. The van der Waals surface area contributed by atoms with Crippen LogP contribution in [0.1, 0.15) is 10.5 Å². The molecule has 20 heavy (non-hydrogen) atoms. The van der Waals surface area contributed by atoms with E-state index in [0.29, 0.717) is 21.1 Å². The number of benzene rings is 1. The molecule has 1 amide bonds. The first-order valence-corrected chi connectivity index (χ1v) is 6.61. The van der Waals surface area contributed by atoms with E-state index in [1.165, 1.54) is 13.3 Å².